The van der Waals surface area contributed by atoms with Crippen LogP contribution in [0.4, 0.5) is 0 Å². The van der Waals surface area contributed by atoms with Gasteiger partial charge in [-0.15, -0.1) is 10.2 Å². The second-order valence-electron chi connectivity index (χ2n) is 6.55. The Morgan fingerprint density at radius 2 is 2.04 bits per heavy atom. The van der Waals surface area contributed by atoms with Gasteiger partial charge in [0, 0.05) is 32.6 Å². The van der Waals surface area contributed by atoms with E-state index in [0.29, 0.717) is 12.3 Å². The summed E-state index contributed by atoms with van der Waals surface area (Å²) in [6.45, 7) is 2.94. The molecule has 0 saturated carbocycles. The van der Waals surface area contributed by atoms with Crippen LogP contribution in [0.5, 0.6) is 5.75 Å². The van der Waals surface area contributed by atoms with E-state index in [0.717, 1.165) is 50.5 Å². The van der Waals surface area contributed by atoms with Crippen LogP contribution in [0.25, 0.3) is 0 Å². The Morgan fingerprint density at radius 1 is 1.19 bits per heavy atom. The zero-order valence-electron chi connectivity index (χ0n) is 14.8. The number of hydrogen-bond donors (Lipinski definition) is 1. The van der Waals surface area contributed by atoms with Gasteiger partial charge in [-0.25, -0.2) is 8.42 Å². The Kier molecular flexibility index (Phi) is 4.68. The van der Waals surface area contributed by atoms with Gasteiger partial charge in [0.15, 0.2) is 5.82 Å². The van der Waals surface area contributed by atoms with Crippen LogP contribution in [-0.4, -0.2) is 54.2 Å². The van der Waals surface area contributed by atoms with Crippen LogP contribution in [0.1, 0.15) is 30.5 Å². The quantitative estimate of drug-likeness (QED) is 0.854. The molecule has 0 radical (unpaired) electrons. The van der Waals surface area contributed by atoms with Crippen LogP contribution in [0, 0.1) is 0 Å². The summed E-state index contributed by atoms with van der Waals surface area (Å²) in [5.41, 5.74) is 0. The molecule has 26 heavy (non-hydrogen) atoms. The summed E-state index contributed by atoms with van der Waals surface area (Å²) >= 11 is 0. The number of methoxy groups -OCH3 is 1. The molecule has 2 aliphatic heterocycles. The van der Waals surface area contributed by atoms with Gasteiger partial charge in [-0.05, 0) is 25.0 Å². The first-order chi connectivity index (χ1) is 12.6. The third-order valence-electron chi connectivity index (χ3n) is 5.05. The third-order valence-corrected chi connectivity index (χ3v) is 7.00. The fourth-order valence-electron chi connectivity index (χ4n) is 3.78. The minimum Gasteiger partial charge on any atom is -0.495 e. The molecule has 2 aromatic rings. The fraction of sp³-hybridized carbons (Fsp3) is 0.529. The average Bonchev–Trinajstić information content (AvgIpc) is 3.23. The molecule has 3 heterocycles. The SMILES string of the molecule is COc1ccccc1S(=O)(=O)N1CCCC1c1nnc2n1CCNCC2. The standard InChI is InChI=1S/C17H23N5O3S/c1-25-14-6-2-3-7-15(14)26(23,24)22-11-4-5-13(22)17-20-19-16-8-9-18-10-12-21(16)17/h2-3,6-7,13,18H,4-5,8-12H2,1H3. The average molecular weight is 377 g/mol. The summed E-state index contributed by atoms with van der Waals surface area (Å²) in [5.74, 6) is 2.04. The maximum atomic E-state index is 13.3. The maximum absolute atomic E-state index is 13.3. The topological polar surface area (TPSA) is 89.4 Å². The minimum absolute atomic E-state index is 0.201. The van der Waals surface area contributed by atoms with Gasteiger partial charge in [-0.3, -0.25) is 0 Å². The van der Waals surface area contributed by atoms with Crippen molar-refractivity contribution in [1.29, 1.82) is 0 Å². The second-order valence-corrected chi connectivity index (χ2v) is 8.41. The third kappa shape index (κ3) is 2.89. The summed E-state index contributed by atoms with van der Waals surface area (Å²) in [7, 11) is -2.19. The number of benzene rings is 1. The molecule has 0 amide bonds. The van der Waals surface area contributed by atoms with Gasteiger partial charge < -0.3 is 14.6 Å². The number of nitrogens with zero attached hydrogens (tertiary/aromatic N) is 4. The summed E-state index contributed by atoms with van der Waals surface area (Å²) in [4.78, 5) is 0.201. The molecule has 140 valence electrons. The van der Waals surface area contributed by atoms with E-state index in [4.69, 9.17) is 4.74 Å². The van der Waals surface area contributed by atoms with E-state index < -0.39 is 10.0 Å². The van der Waals surface area contributed by atoms with E-state index in [2.05, 4.69) is 20.1 Å². The lowest BCUT2D eigenvalue weighted by atomic mass is 10.2. The predicted molar refractivity (Wildman–Crippen MR) is 95.5 cm³/mol. The van der Waals surface area contributed by atoms with E-state index >= 15 is 0 Å². The van der Waals surface area contributed by atoms with Crippen LogP contribution in [0.15, 0.2) is 29.2 Å². The smallest absolute Gasteiger partial charge is 0.247 e. The Morgan fingerprint density at radius 3 is 2.88 bits per heavy atom. The van der Waals surface area contributed by atoms with Crippen LogP contribution in [0.3, 0.4) is 0 Å². The van der Waals surface area contributed by atoms with Gasteiger partial charge in [0.25, 0.3) is 0 Å². The number of sulfonamides is 1. The minimum atomic E-state index is -3.68. The molecule has 1 saturated heterocycles. The predicted octanol–water partition coefficient (Wildman–Crippen LogP) is 0.958. The molecule has 1 fully saturated rings. The second kappa shape index (κ2) is 6.98. The Labute approximate surface area is 153 Å². The van der Waals surface area contributed by atoms with E-state index in [-0.39, 0.29) is 10.9 Å². The normalized spacial score (nSPS) is 21.3. The molecule has 1 unspecified atom stereocenters. The van der Waals surface area contributed by atoms with Gasteiger partial charge in [-0.2, -0.15) is 4.31 Å². The highest BCUT2D eigenvalue weighted by Gasteiger charge is 2.40. The van der Waals surface area contributed by atoms with E-state index in [1.54, 1.807) is 28.6 Å². The number of para-hydroxylation sites is 1. The zero-order valence-corrected chi connectivity index (χ0v) is 15.6. The largest absolute Gasteiger partial charge is 0.495 e. The number of ether oxygens (including phenoxy) is 1. The molecule has 2 aliphatic rings. The van der Waals surface area contributed by atoms with Crippen LogP contribution in [0.2, 0.25) is 0 Å². The lowest BCUT2D eigenvalue weighted by Gasteiger charge is -2.24. The molecule has 1 atom stereocenters. The van der Waals surface area contributed by atoms with Crippen molar-refractivity contribution in [2.45, 2.75) is 36.7 Å². The maximum Gasteiger partial charge on any atom is 0.247 e. The van der Waals surface area contributed by atoms with E-state index in [1.165, 1.54) is 7.11 Å². The van der Waals surface area contributed by atoms with Gasteiger partial charge >= 0.3 is 0 Å². The molecular formula is C17H23N5O3S. The van der Waals surface area contributed by atoms with E-state index in [1.807, 2.05) is 0 Å². The molecule has 1 N–H and O–H groups in total. The Bertz CT molecular complexity index is 896. The lowest BCUT2D eigenvalue weighted by molar-refractivity contribution is 0.364. The van der Waals surface area contributed by atoms with Crippen molar-refractivity contribution in [2.24, 2.45) is 0 Å². The zero-order chi connectivity index (χ0) is 18.1. The lowest BCUT2D eigenvalue weighted by Crippen LogP contribution is -2.32. The van der Waals surface area contributed by atoms with Gasteiger partial charge in [0.05, 0.1) is 13.2 Å². The van der Waals surface area contributed by atoms with Crippen LogP contribution >= 0.6 is 0 Å². The van der Waals surface area contributed by atoms with Crippen molar-refractivity contribution in [3.8, 4) is 5.75 Å². The Hall–Kier alpha value is -1.97. The number of fused-ring (bicyclic) bond motifs is 1. The van der Waals surface area contributed by atoms with Crippen LogP contribution in [-0.2, 0) is 23.0 Å². The molecule has 9 heteroatoms. The molecule has 4 rings (SSSR count). The molecule has 1 aromatic heterocycles. The summed E-state index contributed by atoms with van der Waals surface area (Å²) in [6.07, 6.45) is 2.36. The number of rotatable bonds is 4. The van der Waals surface area contributed by atoms with E-state index in [9.17, 15) is 8.42 Å². The molecule has 0 spiro atoms. The molecule has 0 bridgehead atoms. The van der Waals surface area contributed by atoms with Gasteiger partial charge in [0.1, 0.15) is 16.5 Å². The monoisotopic (exact) mass is 377 g/mol. The highest BCUT2D eigenvalue weighted by atomic mass is 32.2. The molecule has 0 aliphatic carbocycles. The van der Waals surface area contributed by atoms with Crippen LogP contribution < -0.4 is 10.1 Å². The summed E-state index contributed by atoms with van der Waals surface area (Å²) < 4.78 is 35.6. The molecule has 8 nitrogen and oxygen atoms in total. The first kappa shape index (κ1) is 17.4. The van der Waals surface area contributed by atoms with Gasteiger partial charge in [-0.1, -0.05) is 12.1 Å². The number of aromatic nitrogens is 3. The van der Waals surface area contributed by atoms with Crippen molar-refractivity contribution >= 4 is 10.0 Å². The molecular weight excluding hydrogens is 354 g/mol. The number of hydrogen-bond acceptors (Lipinski definition) is 6. The first-order valence-corrected chi connectivity index (χ1v) is 10.3. The molecule has 1 aromatic carbocycles. The van der Waals surface area contributed by atoms with Crippen molar-refractivity contribution in [1.82, 2.24) is 24.4 Å². The van der Waals surface area contributed by atoms with Gasteiger partial charge in [0.2, 0.25) is 10.0 Å². The van der Waals surface area contributed by atoms with Crippen molar-refractivity contribution in [2.75, 3.05) is 26.7 Å². The highest BCUT2D eigenvalue weighted by molar-refractivity contribution is 7.89. The fourth-order valence-corrected chi connectivity index (χ4v) is 5.60. The number of nitrogens with one attached hydrogen (secondary N) is 1. The van der Waals surface area contributed by atoms with Crippen molar-refractivity contribution in [3.05, 3.63) is 35.9 Å². The Balaban J connectivity index is 1.72. The van der Waals surface area contributed by atoms with Crippen molar-refractivity contribution in [3.63, 3.8) is 0 Å². The summed E-state index contributed by atoms with van der Waals surface area (Å²) in [5, 5.41) is 12.0. The summed E-state index contributed by atoms with van der Waals surface area (Å²) in [6, 6.07) is 6.47. The van der Waals surface area contributed by atoms with Crippen molar-refractivity contribution < 1.29 is 13.2 Å². The highest BCUT2D eigenvalue weighted by Crippen LogP contribution is 2.38. The first-order valence-electron chi connectivity index (χ1n) is 8.90.